The van der Waals surface area contributed by atoms with Crippen LogP contribution in [-0.4, -0.2) is 12.6 Å². The molecule has 0 spiro atoms. The fourth-order valence-electron chi connectivity index (χ4n) is 2.24. The molecule has 1 unspecified atom stereocenters. The second-order valence-electron chi connectivity index (χ2n) is 5.39. The van der Waals surface area contributed by atoms with Crippen LogP contribution in [0.15, 0.2) is 28.7 Å². The summed E-state index contributed by atoms with van der Waals surface area (Å²) >= 11 is 0. The van der Waals surface area contributed by atoms with Gasteiger partial charge < -0.3 is 9.73 Å². The molecule has 0 saturated heterocycles. The van der Waals surface area contributed by atoms with Crippen molar-refractivity contribution in [3.63, 3.8) is 0 Å². The fourth-order valence-corrected chi connectivity index (χ4v) is 2.24. The van der Waals surface area contributed by atoms with E-state index in [0.29, 0.717) is 5.92 Å². The highest BCUT2D eigenvalue weighted by atomic mass is 19.1. The molecule has 1 atom stereocenters. The minimum Gasteiger partial charge on any atom is -0.461 e. The summed E-state index contributed by atoms with van der Waals surface area (Å²) in [6.07, 6.45) is 3.53. The summed E-state index contributed by atoms with van der Waals surface area (Å²) in [6, 6.07) is 7.36. The Balaban J connectivity index is 1.65. The quantitative estimate of drug-likeness (QED) is 0.874. The Morgan fingerprint density at radius 2 is 2.22 bits per heavy atom. The van der Waals surface area contributed by atoms with E-state index in [9.17, 15) is 4.39 Å². The van der Waals surface area contributed by atoms with Crippen molar-refractivity contribution in [2.45, 2.75) is 32.2 Å². The molecular formula is C15H18FNO. The summed E-state index contributed by atoms with van der Waals surface area (Å²) in [5.74, 6) is 1.27. The average molecular weight is 247 g/mol. The van der Waals surface area contributed by atoms with Crippen molar-refractivity contribution in [2.24, 2.45) is 5.92 Å². The van der Waals surface area contributed by atoms with E-state index in [1.807, 2.05) is 6.07 Å². The first kappa shape index (κ1) is 11.7. The first-order valence-electron chi connectivity index (χ1n) is 6.62. The largest absolute Gasteiger partial charge is 0.461 e. The van der Waals surface area contributed by atoms with Gasteiger partial charge in [0, 0.05) is 17.8 Å². The molecule has 1 aromatic carbocycles. The predicted octanol–water partition coefficient (Wildman–Crippen LogP) is 3.50. The van der Waals surface area contributed by atoms with Gasteiger partial charge in [0.2, 0.25) is 0 Å². The molecular weight excluding hydrogens is 229 g/mol. The second kappa shape index (κ2) is 4.73. The second-order valence-corrected chi connectivity index (χ2v) is 5.39. The maximum absolute atomic E-state index is 13.1. The standard InChI is InChI=1S/C15H18FNO/c1-10(9-17-13-3-4-13)6-14-8-11-7-12(16)2-5-15(11)18-14/h2,5,7-8,10,13,17H,3-4,6,9H2,1H3. The van der Waals surface area contributed by atoms with Crippen molar-refractivity contribution >= 4 is 11.0 Å². The molecule has 2 nitrogen and oxygen atoms in total. The van der Waals surface area contributed by atoms with E-state index in [-0.39, 0.29) is 5.82 Å². The number of hydrogen-bond donors (Lipinski definition) is 1. The van der Waals surface area contributed by atoms with Gasteiger partial charge in [0.05, 0.1) is 0 Å². The summed E-state index contributed by atoms with van der Waals surface area (Å²) in [7, 11) is 0. The van der Waals surface area contributed by atoms with Crippen molar-refractivity contribution in [3.05, 3.63) is 35.8 Å². The number of nitrogens with one attached hydrogen (secondary N) is 1. The zero-order valence-corrected chi connectivity index (χ0v) is 10.6. The smallest absolute Gasteiger partial charge is 0.134 e. The molecule has 3 rings (SSSR count). The fraction of sp³-hybridized carbons (Fsp3) is 0.467. The van der Waals surface area contributed by atoms with Crippen LogP contribution in [0.25, 0.3) is 11.0 Å². The summed E-state index contributed by atoms with van der Waals surface area (Å²) < 4.78 is 18.8. The van der Waals surface area contributed by atoms with Gasteiger partial charge >= 0.3 is 0 Å². The summed E-state index contributed by atoms with van der Waals surface area (Å²) in [4.78, 5) is 0. The minimum absolute atomic E-state index is 0.210. The summed E-state index contributed by atoms with van der Waals surface area (Å²) in [5, 5.41) is 4.37. The molecule has 2 aromatic rings. The van der Waals surface area contributed by atoms with Crippen LogP contribution in [0, 0.1) is 11.7 Å². The predicted molar refractivity (Wildman–Crippen MR) is 70.1 cm³/mol. The van der Waals surface area contributed by atoms with Gasteiger partial charge in [-0.2, -0.15) is 0 Å². The SMILES string of the molecule is CC(CNC1CC1)Cc1cc2cc(F)ccc2o1. The molecule has 1 saturated carbocycles. The minimum atomic E-state index is -0.210. The van der Waals surface area contributed by atoms with Crippen LogP contribution in [0.5, 0.6) is 0 Å². The van der Waals surface area contributed by atoms with E-state index in [4.69, 9.17) is 4.42 Å². The molecule has 18 heavy (non-hydrogen) atoms. The number of halogens is 1. The third kappa shape index (κ3) is 2.72. The van der Waals surface area contributed by atoms with Crippen LogP contribution >= 0.6 is 0 Å². The molecule has 1 aromatic heterocycles. The first-order valence-corrected chi connectivity index (χ1v) is 6.62. The third-order valence-corrected chi connectivity index (χ3v) is 3.41. The Kier molecular flexibility index (Phi) is 3.08. The van der Waals surface area contributed by atoms with E-state index in [1.54, 1.807) is 6.07 Å². The lowest BCUT2D eigenvalue weighted by Gasteiger charge is -2.10. The van der Waals surface area contributed by atoms with Crippen LogP contribution in [0.4, 0.5) is 4.39 Å². The van der Waals surface area contributed by atoms with Gasteiger partial charge in [-0.05, 0) is 49.6 Å². The molecule has 0 bridgehead atoms. The molecule has 1 N–H and O–H groups in total. The Morgan fingerprint density at radius 1 is 1.39 bits per heavy atom. The van der Waals surface area contributed by atoms with Crippen molar-refractivity contribution in [3.8, 4) is 0 Å². The van der Waals surface area contributed by atoms with Crippen molar-refractivity contribution in [1.82, 2.24) is 5.32 Å². The highest BCUT2D eigenvalue weighted by Crippen LogP contribution is 2.23. The van der Waals surface area contributed by atoms with E-state index in [1.165, 1.54) is 25.0 Å². The third-order valence-electron chi connectivity index (χ3n) is 3.41. The van der Waals surface area contributed by atoms with E-state index < -0.39 is 0 Å². The molecule has 3 heteroatoms. The summed E-state index contributed by atoms with van der Waals surface area (Å²) in [6.45, 7) is 3.24. The molecule has 1 aliphatic rings. The first-order chi connectivity index (χ1) is 8.70. The van der Waals surface area contributed by atoms with Crippen molar-refractivity contribution < 1.29 is 8.81 Å². The molecule has 0 aliphatic heterocycles. The van der Waals surface area contributed by atoms with Gasteiger partial charge in [-0.1, -0.05) is 6.92 Å². The number of hydrogen-bond acceptors (Lipinski definition) is 2. The average Bonchev–Trinajstić information content (AvgIpc) is 3.07. The highest BCUT2D eigenvalue weighted by Gasteiger charge is 2.21. The molecule has 0 radical (unpaired) electrons. The van der Waals surface area contributed by atoms with Crippen LogP contribution in [-0.2, 0) is 6.42 Å². The molecule has 1 fully saturated rings. The van der Waals surface area contributed by atoms with Gasteiger partial charge in [-0.25, -0.2) is 4.39 Å². The van der Waals surface area contributed by atoms with E-state index in [2.05, 4.69) is 12.2 Å². The number of furan rings is 1. The maximum atomic E-state index is 13.1. The molecule has 1 aliphatic carbocycles. The van der Waals surface area contributed by atoms with Gasteiger partial charge in [0.1, 0.15) is 17.2 Å². The summed E-state index contributed by atoms with van der Waals surface area (Å²) in [5.41, 5.74) is 0.772. The Hall–Kier alpha value is -1.35. The van der Waals surface area contributed by atoms with Crippen LogP contribution in [0.2, 0.25) is 0 Å². The Labute approximate surface area is 106 Å². The normalized spacial score (nSPS) is 17.2. The van der Waals surface area contributed by atoms with E-state index in [0.717, 1.165) is 35.7 Å². The highest BCUT2D eigenvalue weighted by molar-refractivity contribution is 5.77. The molecule has 96 valence electrons. The lowest BCUT2D eigenvalue weighted by Crippen LogP contribution is -2.24. The Bertz CT molecular complexity index is 544. The zero-order valence-electron chi connectivity index (χ0n) is 10.6. The van der Waals surface area contributed by atoms with Crippen molar-refractivity contribution in [2.75, 3.05) is 6.54 Å². The Morgan fingerprint density at radius 3 is 3.00 bits per heavy atom. The maximum Gasteiger partial charge on any atom is 0.134 e. The van der Waals surface area contributed by atoms with E-state index >= 15 is 0 Å². The number of benzene rings is 1. The zero-order chi connectivity index (χ0) is 12.5. The van der Waals surface area contributed by atoms with Gasteiger partial charge in [-0.15, -0.1) is 0 Å². The van der Waals surface area contributed by atoms with Crippen molar-refractivity contribution in [1.29, 1.82) is 0 Å². The molecule has 0 amide bonds. The number of rotatable bonds is 5. The van der Waals surface area contributed by atoms with Crippen LogP contribution in [0.1, 0.15) is 25.5 Å². The van der Waals surface area contributed by atoms with Crippen LogP contribution < -0.4 is 5.32 Å². The van der Waals surface area contributed by atoms with Gasteiger partial charge in [-0.3, -0.25) is 0 Å². The monoisotopic (exact) mass is 247 g/mol. The van der Waals surface area contributed by atoms with Crippen LogP contribution in [0.3, 0.4) is 0 Å². The van der Waals surface area contributed by atoms with Gasteiger partial charge in [0.15, 0.2) is 0 Å². The van der Waals surface area contributed by atoms with Gasteiger partial charge in [0.25, 0.3) is 0 Å². The lowest BCUT2D eigenvalue weighted by atomic mass is 10.1. The lowest BCUT2D eigenvalue weighted by molar-refractivity contribution is 0.452. The topological polar surface area (TPSA) is 25.2 Å². The number of fused-ring (bicyclic) bond motifs is 1. The molecule has 1 heterocycles.